The quantitative estimate of drug-likeness (QED) is 0.150. The smallest absolute Gasteiger partial charge is 0.503 e. The number of rotatable bonds is 9. The van der Waals surface area contributed by atoms with Crippen LogP contribution in [0.5, 0.6) is 5.75 Å². The lowest BCUT2D eigenvalue weighted by Crippen LogP contribution is -2.41. The van der Waals surface area contributed by atoms with Gasteiger partial charge in [-0.3, -0.25) is 0 Å². The molecule has 0 fully saturated rings. The van der Waals surface area contributed by atoms with Gasteiger partial charge in [-0.1, -0.05) is 29.4 Å². The van der Waals surface area contributed by atoms with Crippen LogP contribution >= 0.6 is 0 Å². The van der Waals surface area contributed by atoms with Crippen LogP contribution in [0.25, 0.3) is 28.2 Å². The molecule has 0 aliphatic heterocycles. The molecule has 1 atom stereocenters. The molecule has 3 rings (SSSR count). The minimum absolute atomic E-state index is 0.114. The lowest BCUT2D eigenvalue weighted by molar-refractivity contribution is -0.411. The van der Waals surface area contributed by atoms with Crippen molar-refractivity contribution in [2.45, 2.75) is 18.8 Å². The summed E-state index contributed by atoms with van der Waals surface area (Å²) in [5.41, 5.74) is 1.66. The third-order valence-corrected chi connectivity index (χ3v) is 4.54. The maximum Gasteiger partial charge on any atom is 0.525 e. The predicted molar refractivity (Wildman–Crippen MR) is 112 cm³/mol. The number of ether oxygens (including phenoxy) is 4. The maximum atomic E-state index is 13.6. The number of aromatic nitrogens is 1. The Bertz CT molecular complexity index is 1220. The molecule has 1 unspecified atom stereocenters. The molecule has 7 nitrogen and oxygen atoms in total. The van der Waals surface area contributed by atoms with Crippen molar-refractivity contribution in [3.63, 3.8) is 0 Å². The molecule has 0 saturated carbocycles. The summed E-state index contributed by atoms with van der Waals surface area (Å²) in [4.78, 5) is 12.2. The summed E-state index contributed by atoms with van der Waals surface area (Å²) in [5.74, 6) is -1.11. The first-order chi connectivity index (χ1) is 16.9. The summed E-state index contributed by atoms with van der Waals surface area (Å²) in [6.07, 6.45) is -13.4. The van der Waals surface area contributed by atoms with E-state index in [1.165, 1.54) is 38.7 Å². The number of carbonyl (C=O) groups is 1. The summed E-state index contributed by atoms with van der Waals surface area (Å²) in [5, 5.41) is 3.97. The Morgan fingerprint density at radius 2 is 1.69 bits per heavy atom. The summed E-state index contributed by atoms with van der Waals surface area (Å²) in [7, 11) is 2.57. The number of benzene rings is 2. The number of esters is 1. The van der Waals surface area contributed by atoms with E-state index in [2.05, 4.69) is 14.6 Å². The molecule has 0 N–H and O–H groups in total. The highest BCUT2D eigenvalue weighted by Gasteiger charge is 2.50. The topological polar surface area (TPSA) is 80.0 Å². The van der Waals surface area contributed by atoms with E-state index in [0.717, 1.165) is 12.1 Å². The standard InChI is InChI=1S/C23H17F6NO6/c1-32-12-17(20(31)33-2)15-5-3-4-6-16(15)18-11-19(36-30-18)13-7-9-14(10-8-13)34-22(25,26)21(24)35-23(27,28)29/h3-12,21H,1-2H3. The number of methoxy groups -OCH3 is 2. The lowest BCUT2D eigenvalue weighted by atomic mass is 9.98. The third kappa shape index (κ3) is 6.36. The molecule has 0 saturated heterocycles. The molecular formula is C23H17F6NO6. The summed E-state index contributed by atoms with van der Waals surface area (Å²) in [6.45, 7) is 0. The second kappa shape index (κ2) is 10.7. The monoisotopic (exact) mass is 517 g/mol. The highest BCUT2D eigenvalue weighted by atomic mass is 19.4. The van der Waals surface area contributed by atoms with Gasteiger partial charge in [0.2, 0.25) is 0 Å². The van der Waals surface area contributed by atoms with Crippen LogP contribution in [0.15, 0.2) is 65.4 Å². The number of hydrogen-bond donors (Lipinski definition) is 0. The first kappa shape index (κ1) is 26.6. The Labute approximate surface area is 199 Å². The second-order valence-corrected chi connectivity index (χ2v) is 6.95. The molecular weight excluding hydrogens is 500 g/mol. The Morgan fingerprint density at radius 1 is 1.03 bits per heavy atom. The van der Waals surface area contributed by atoms with E-state index in [1.54, 1.807) is 24.3 Å². The third-order valence-electron chi connectivity index (χ3n) is 4.54. The Kier molecular flexibility index (Phi) is 7.93. The molecule has 0 spiro atoms. The van der Waals surface area contributed by atoms with Crippen molar-refractivity contribution in [3.05, 3.63) is 66.4 Å². The molecule has 0 aliphatic carbocycles. The van der Waals surface area contributed by atoms with Gasteiger partial charge in [-0.2, -0.15) is 8.78 Å². The van der Waals surface area contributed by atoms with Gasteiger partial charge in [0.1, 0.15) is 17.0 Å². The Hall–Kier alpha value is -4.00. The van der Waals surface area contributed by atoms with Crippen molar-refractivity contribution in [2.24, 2.45) is 0 Å². The molecule has 2 aromatic carbocycles. The van der Waals surface area contributed by atoms with Crippen LogP contribution in [-0.2, 0) is 19.0 Å². The molecule has 0 radical (unpaired) electrons. The van der Waals surface area contributed by atoms with Crippen molar-refractivity contribution >= 4 is 11.5 Å². The van der Waals surface area contributed by atoms with Gasteiger partial charge in [0.25, 0.3) is 0 Å². The zero-order valence-corrected chi connectivity index (χ0v) is 18.5. The Morgan fingerprint density at radius 3 is 2.31 bits per heavy atom. The number of alkyl halides is 6. The molecule has 192 valence electrons. The molecule has 3 aromatic rings. The van der Waals surface area contributed by atoms with E-state index < -0.39 is 30.5 Å². The Balaban J connectivity index is 1.83. The number of hydrogen-bond acceptors (Lipinski definition) is 7. The van der Waals surface area contributed by atoms with Gasteiger partial charge in [-0.25, -0.2) is 13.9 Å². The van der Waals surface area contributed by atoms with Crippen LogP contribution in [0.4, 0.5) is 26.3 Å². The minimum Gasteiger partial charge on any atom is -0.503 e. The SMILES string of the molecule is COC=C(C(=O)OC)c1ccccc1-c1cc(-c2ccc(OC(F)(F)C(F)OC(F)(F)F)cc2)on1. The number of nitrogens with zero attached hydrogens (tertiary/aromatic N) is 1. The first-order valence-electron chi connectivity index (χ1n) is 9.89. The normalized spacial score (nSPS) is 13.3. The van der Waals surface area contributed by atoms with Gasteiger partial charge in [-0.15, -0.1) is 13.2 Å². The van der Waals surface area contributed by atoms with Gasteiger partial charge in [0.05, 0.1) is 20.5 Å². The molecule has 36 heavy (non-hydrogen) atoms. The fourth-order valence-corrected chi connectivity index (χ4v) is 3.01. The maximum absolute atomic E-state index is 13.6. The van der Waals surface area contributed by atoms with Crippen LogP contribution in [0.1, 0.15) is 5.56 Å². The average molecular weight is 517 g/mol. The highest BCUT2D eigenvalue weighted by molar-refractivity contribution is 6.17. The van der Waals surface area contributed by atoms with E-state index in [4.69, 9.17) is 14.0 Å². The molecule has 0 bridgehead atoms. The van der Waals surface area contributed by atoms with Crippen molar-refractivity contribution in [1.29, 1.82) is 0 Å². The molecule has 13 heteroatoms. The lowest BCUT2D eigenvalue weighted by Gasteiger charge is -2.22. The first-order valence-corrected chi connectivity index (χ1v) is 9.89. The van der Waals surface area contributed by atoms with Crippen molar-refractivity contribution in [1.82, 2.24) is 5.16 Å². The minimum atomic E-state index is -5.62. The summed E-state index contributed by atoms with van der Waals surface area (Å²) < 4.78 is 98.2. The van der Waals surface area contributed by atoms with E-state index in [1.807, 2.05) is 0 Å². The molecule has 0 aliphatic rings. The van der Waals surface area contributed by atoms with E-state index >= 15 is 0 Å². The van der Waals surface area contributed by atoms with Crippen LogP contribution in [0.2, 0.25) is 0 Å². The average Bonchev–Trinajstić information content (AvgIpc) is 3.31. The number of halogens is 6. The predicted octanol–water partition coefficient (Wildman–Crippen LogP) is 5.97. The molecule has 0 amide bonds. The second-order valence-electron chi connectivity index (χ2n) is 6.95. The largest absolute Gasteiger partial charge is 0.525 e. The van der Waals surface area contributed by atoms with Crippen LogP contribution < -0.4 is 4.74 Å². The van der Waals surface area contributed by atoms with Gasteiger partial charge < -0.3 is 18.7 Å². The number of carbonyl (C=O) groups excluding carboxylic acids is 1. The fraction of sp³-hybridized carbons (Fsp3) is 0.217. The van der Waals surface area contributed by atoms with Crippen molar-refractivity contribution < 1.29 is 54.6 Å². The zero-order valence-electron chi connectivity index (χ0n) is 18.5. The van der Waals surface area contributed by atoms with Crippen LogP contribution in [0, 0.1) is 0 Å². The van der Waals surface area contributed by atoms with Gasteiger partial charge in [0, 0.05) is 22.8 Å². The van der Waals surface area contributed by atoms with Crippen molar-refractivity contribution in [2.75, 3.05) is 14.2 Å². The van der Waals surface area contributed by atoms with Crippen LogP contribution in [0.3, 0.4) is 0 Å². The summed E-state index contributed by atoms with van der Waals surface area (Å²) in [6, 6.07) is 12.6. The zero-order chi connectivity index (χ0) is 26.5. The summed E-state index contributed by atoms with van der Waals surface area (Å²) >= 11 is 0. The van der Waals surface area contributed by atoms with Gasteiger partial charge >= 0.3 is 24.8 Å². The van der Waals surface area contributed by atoms with Gasteiger partial charge in [0.15, 0.2) is 5.76 Å². The van der Waals surface area contributed by atoms with E-state index in [-0.39, 0.29) is 11.3 Å². The molecule has 1 heterocycles. The molecule has 1 aromatic heterocycles. The fourth-order valence-electron chi connectivity index (χ4n) is 3.01. The van der Waals surface area contributed by atoms with Crippen molar-refractivity contribution in [3.8, 4) is 28.3 Å². The van der Waals surface area contributed by atoms with E-state index in [9.17, 15) is 31.1 Å². The van der Waals surface area contributed by atoms with Gasteiger partial charge in [-0.05, 0) is 24.3 Å². The van der Waals surface area contributed by atoms with E-state index in [0.29, 0.717) is 22.4 Å². The highest BCUT2D eigenvalue weighted by Crippen LogP contribution is 2.34. The van der Waals surface area contributed by atoms with Crippen LogP contribution in [-0.4, -0.2) is 44.2 Å².